The Morgan fingerprint density at radius 1 is 1.00 bits per heavy atom. The van der Waals surface area contributed by atoms with E-state index in [1.807, 2.05) is 0 Å². The first-order valence-electron chi connectivity index (χ1n) is 7.29. The second-order valence-corrected chi connectivity index (χ2v) is 5.75. The van der Waals surface area contributed by atoms with Crippen molar-refractivity contribution in [2.24, 2.45) is 0 Å². The Hall–Kier alpha value is -1.80. The van der Waals surface area contributed by atoms with Crippen LogP contribution in [0.1, 0.15) is 16.7 Å². The molecule has 0 saturated heterocycles. The molecule has 0 aromatic heterocycles. The summed E-state index contributed by atoms with van der Waals surface area (Å²) >= 11 is 0. The van der Waals surface area contributed by atoms with Crippen LogP contribution < -0.4 is 4.90 Å². The van der Waals surface area contributed by atoms with E-state index in [0.717, 1.165) is 26.2 Å². The summed E-state index contributed by atoms with van der Waals surface area (Å²) in [5, 5.41) is 0. The SMILES string of the molecule is Cc1cccc(CN2CCN(C)c3ccccc3C2)c1. The fourth-order valence-corrected chi connectivity index (χ4v) is 2.95. The number of anilines is 1. The maximum atomic E-state index is 2.54. The van der Waals surface area contributed by atoms with E-state index < -0.39 is 0 Å². The standard InChI is InChI=1S/C18H22N2/c1-15-6-5-7-16(12-15)13-20-11-10-19(2)18-9-4-3-8-17(18)14-20/h3-9,12H,10-11,13-14H2,1-2H3. The minimum Gasteiger partial charge on any atom is -0.373 e. The van der Waals surface area contributed by atoms with Crippen molar-refractivity contribution in [3.8, 4) is 0 Å². The third kappa shape index (κ3) is 2.86. The van der Waals surface area contributed by atoms with Crippen LogP contribution in [0.5, 0.6) is 0 Å². The molecule has 0 saturated carbocycles. The molecule has 1 heterocycles. The van der Waals surface area contributed by atoms with E-state index in [0.29, 0.717) is 0 Å². The van der Waals surface area contributed by atoms with Gasteiger partial charge < -0.3 is 4.90 Å². The molecule has 0 spiro atoms. The Labute approximate surface area is 121 Å². The first-order valence-corrected chi connectivity index (χ1v) is 7.29. The van der Waals surface area contributed by atoms with Gasteiger partial charge >= 0.3 is 0 Å². The highest BCUT2D eigenvalue weighted by Gasteiger charge is 2.16. The summed E-state index contributed by atoms with van der Waals surface area (Å²) in [6.07, 6.45) is 0. The number of hydrogen-bond donors (Lipinski definition) is 0. The number of para-hydroxylation sites is 1. The monoisotopic (exact) mass is 266 g/mol. The van der Waals surface area contributed by atoms with Crippen molar-refractivity contribution in [3.63, 3.8) is 0 Å². The van der Waals surface area contributed by atoms with E-state index in [9.17, 15) is 0 Å². The third-order valence-electron chi connectivity index (χ3n) is 4.04. The van der Waals surface area contributed by atoms with Gasteiger partial charge in [-0.1, -0.05) is 48.0 Å². The molecule has 2 aromatic carbocycles. The number of rotatable bonds is 2. The van der Waals surface area contributed by atoms with Gasteiger partial charge in [-0.05, 0) is 24.1 Å². The number of benzene rings is 2. The lowest BCUT2D eigenvalue weighted by atomic mass is 10.1. The molecular weight excluding hydrogens is 244 g/mol. The van der Waals surface area contributed by atoms with Crippen molar-refractivity contribution in [2.75, 3.05) is 25.0 Å². The minimum atomic E-state index is 1.03. The van der Waals surface area contributed by atoms with Crippen molar-refractivity contribution in [3.05, 3.63) is 65.2 Å². The van der Waals surface area contributed by atoms with Gasteiger partial charge in [0.1, 0.15) is 0 Å². The molecule has 0 amide bonds. The second-order valence-electron chi connectivity index (χ2n) is 5.75. The van der Waals surface area contributed by atoms with Gasteiger partial charge in [0, 0.05) is 38.9 Å². The van der Waals surface area contributed by atoms with Crippen molar-refractivity contribution in [2.45, 2.75) is 20.0 Å². The summed E-state index contributed by atoms with van der Waals surface area (Å²) in [6, 6.07) is 17.6. The van der Waals surface area contributed by atoms with Gasteiger partial charge in [0.25, 0.3) is 0 Å². The number of aryl methyl sites for hydroxylation is 1. The molecule has 1 aliphatic heterocycles. The molecule has 0 N–H and O–H groups in total. The van der Waals surface area contributed by atoms with Crippen LogP contribution in [0.2, 0.25) is 0 Å². The molecule has 2 aromatic rings. The first kappa shape index (κ1) is 13.2. The first-order chi connectivity index (χ1) is 9.72. The van der Waals surface area contributed by atoms with Gasteiger partial charge in [-0.2, -0.15) is 0 Å². The Balaban J connectivity index is 1.79. The lowest BCUT2D eigenvalue weighted by Gasteiger charge is -2.20. The topological polar surface area (TPSA) is 6.48 Å². The van der Waals surface area contributed by atoms with Crippen LogP contribution in [0.25, 0.3) is 0 Å². The molecule has 0 fully saturated rings. The van der Waals surface area contributed by atoms with Gasteiger partial charge in [0.15, 0.2) is 0 Å². The zero-order valence-corrected chi connectivity index (χ0v) is 12.3. The summed E-state index contributed by atoms with van der Waals surface area (Å²) in [5.41, 5.74) is 5.56. The molecule has 0 aliphatic carbocycles. The average molecular weight is 266 g/mol. The normalized spacial score (nSPS) is 15.8. The number of fused-ring (bicyclic) bond motifs is 1. The Bertz CT molecular complexity index is 591. The van der Waals surface area contributed by atoms with E-state index in [-0.39, 0.29) is 0 Å². The summed E-state index contributed by atoms with van der Waals surface area (Å²) < 4.78 is 0. The largest absolute Gasteiger partial charge is 0.373 e. The maximum Gasteiger partial charge on any atom is 0.0409 e. The van der Waals surface area contributed by atoms with Crippen molar-refractivity contribution in [1.82, 2.24) is 4.90 Å². The van der Waals surface area contributed by atoms with Crippen LogP contribution in [0.3, 0.4) is 0 Å². The van der Waals surface area contributed by atoms with E-state index in [2.05, 4.69) is 72.3 Å². The highest BCUT2D eigenvalue weighted by molar-refractivity contribution is 5.53. The van der Waals surface area contributed by atoms with E-state index in [4.69, 9.17) is 0 Å². The van der Waals surface area contributed by atoms with Crippen LogP contribution in [-0.2, 0) is 13.1 Å². The highest BCUT2D eigenvalue weighted by atomic mass is 15.2. The van der Waals surface area contributed by atoms with Gasteiger partial charge in [-0.25, -0.2) is 0 Å². The summed E-state index contributed by atoms with van der Waals surface area (Å²) in [5.74, 6) is 0. The molecule has 2 heteroatoms. The second kappa shape index (κ2) is 5.68. The highest BCUT2D eigenvalue weighted by Crippen LogP contribution is 2.24. The lowest BCUT2D eigenvalue weighted by Crippen LogP contribution is -2.28. The fraction of sp³-hybridized carbons (Fsp3) is 0.333. The fourth-order valence-electron chi connectivity index (χ4n) is 2.95. The third-order valence-corrected chi connectivity index (χ3v) is 4.04. The molecular formula is C18H22N2. The number of nitrogens with zero attached hydrogens (tertiary/aromatic N) is 2. The van der Waals surface area contributed by atoms with Crippen LogP contribution in [0.4, 0.5) is 5.69 Å². The predicted molar refractivity (Wildman–Crippen MR) is 85.0 cm³/mol. The molecule has 3 rings (SSSR count). The number of likely N-dealkylation sites (N-methyl/N-ethyl adjacent to an activating group) is 1. The van der Waals surface area contributed by atoms with E-state index in [1.165, 1.54) is 22.4 Å². The molecule has 0 bridgehead atoms. The van der Waals surface area contributed by atoms with Crippen molar-refractivity contribution >= 4 is 5.69 Å². The van der Waals surface area contributed by atoms with Gasteiger partial charge in [-0.15, -0.1) is 0 Å². The average Bonchev–Trinajstić information content (AvgIpc) is 2.59. The Kier molecular flexibility index (Phi) is 3.75. The zero-order chi connectivity index (χ0) is 13.9. The van der Waals surface area contributed by atoms with Crippen molar-refractivity contribution < 1.29 is 0 Å². The quantitative estimate of drug-likeness (QED) is 0.821. The van der Waals surface area contributed by atoms with Gasteiger partial charge in [-0.3, -0.25) is 4.90 Å². The summed E-state index contributed by atoms with van der Waals surface area (Å²) in [7, 11) is 2.19. The minimum absolute atomic E-state index is 1.03. The van der Waals surface area contributed by atoms with Crippen LogP contribution in [0.15, 0.2) is 48.5 Å². The molecule has 0 unspecified atom stereocenters. The molecule has 0 radical (unpaired) electrons. The lowest BCUT2D eigenvalue weighted by molar-refractivity contribution is 0.269. The van der Waals surface area contributed by atoms with E-state index in [1.54, 1.807) is 0 Å². The van der Waals surface area contributed by atoms with Crippen LogP contribution in [-0.4, -0.2) is 25.0 Å². The molecule has 0 atom stereocenters. The zero-order valence-electron chi connectivity index (χ0n) is 12.3. The molecule has 1 aliphatic rings. The Morgan fingerprint density at radius 2 is 1.85 bits per heavy atom. The predicted octanol–water partition coefficient (Wildman–Crippen LogP) is 3.45. The maximum absolute atomic E-state index is 2.54. The summed E-state index contributed by atoms with van der Waals surface area (Å²) in [6.45, 7) is 6.43. The summed E-state index contributed by atoms with van der Waals surface area (Å²) in [4.78, 5) is 4.91. The van der Waals surface area contributed by atoms with Crippen LogP contribution >= 0.6 is 0 Å². The van der Waals surface area contributed by atoms with Crippen molar-refractivity contribution in [1.29, 1.82) is 0 Å². The van der Waals surface area contributed by atoms with Gasteiger partial charge in [0.05, 0.1) is 0 Å². The Morgan fingerprint density at radius 3 is 2.70 bits per heavy atom. The molecule has 104 valence electrons. The molecule has 2 nitrogen and oxygen atoms in total. The van der Waals surface area contributed by atoms with Crippen LogP contribution in [0, 0.1) is 6.92 Å². The smallest absolute Gasteiger partial charge is 0.0409 e. The van der Waals surface area contributed by atoms with E-state index >= 15 is 0 Å². The van der Waals surface area contributed by atoms with Gasteiger partial charge in [0.2, 0.25) is 0 Å². The molecule has 20 heavy (non-hydrogen) atoms. The number of hydrogen-bond acceptors (Lipinski definition) is 2.